The van der Waals surface area contributed by atoms with Crippen LogP contribution in [0.25, 0.3) is 27.7 Å². The molecule has 0 amide bonds. The molecule has 1 fully saturated rings. The SMILES string of the molecule is Cc1nc(C(C)C)n2c1cnc1ccc(-c3ccc(OCCCN4CCCCC4)nc3)cc12. The summed E-state index contributed by atoms with van der Waals surface area (Å²) in [5.74, 6) is 2.08. The number of nitrogens with zero attached hydrogens (tertiary/aromatic N) is 5. The second-order valence-electron chi connectivity index (χ2n) is 9.38. The van der Waals surface area contributed by atoms with Gasteiger partial charge in [-0.3, -0.25) is 9.38 Å². The fourth-order valence-electron chi connectivity index (χ4n) is 4.76. The summed E-state index contributed by atoms with van der Waals surface area (Å²) in [6.07, 6.45) is 8.91. The fourth-order valence-corrected chi connectivity index (χ4v) is 4.76. The normalized spacial score (nSPS) is 15.0. The van der Waals surface area contributed by atoms with Gasteiger partial charge in [-0.2, -0.15) is 0 Å². The minimum Gasteiger partial charge on any atom is -0.478 e. The Hall–Kier alpha value is -2.99. The van der Waals surface area contributed by atoms with E-state index < -0.39 is 0 Å². The van der Waals surface area contributed by atoms with Crippen LogP contribution in [0.5, 0.6) is 5.88 Å². The van der Waals surface area contributed by atoms with Crippen LogP contribution in [0.15, 0.2) is 42.7 Å². The molecule has 172 valence electrons. The third-order valence-corrected chi connectivity index (χ3v) is 6.57. The molecule has 0 atom stereocenters. The van der Waals surface area contributed by atoms with Gasteiger partial charge in [0.2, 0.25) is 5.88 Å². The maximum Gasteiger partial charge on any atom is 0.213 e. The monoisotopic (exact) mass is 443 g/mol. The Balaban J connectivity index is 1.33. The predicted molar refractivity (Wildman–Crippen MR) is 133 cm³/mol. The molecule has 6 nitrogen and oxygen atoms in total. The summed E-state index contributed by atoms with van der Waals surface area (Å²) in [6, 6.07) is 10.4. The molecule has 0 spiro atoms. The number of hydrogen-bond donors (Lipinski definition) is 0. The highest BCUT2D eigenvalue weighted by Gasteiger charge is 2.15. The van der Waals surface area contributed by atoms with Crippen molar-refractivity contribution in [1.82, 2.24) is 24.3 Å². The highest BCUT2D eigenvalue weighted by Crippen LogP contribution is 2.28. The highest BCUT2D eigenvalue weighted by molar-refractivity contribution is 5.84. The highest BCUT2D eigenvalue weighted by atomic mass is 16.5. The van der Waals surface area contributed by atoms with Crippen molar-refractivity contribution in [2.75, 3.05) is 26.2 Å². The molecular weight excluding hydrogens is 410 g/mol. The topological polar surface area (TPSA) is 55.6 Å². The number of aryl methyl sites for hydroxylation is 1. The molecule has 1 aliphatic rings. The van der Waals surface area contributed by atoms with Crippen molar-refractivity contribution >= 4 is 16.6 Å². The number of hydrogen-bond acceptors (Lipinski definition) is 5. The van der Waals surface area contributed by atoms with E-state index in [1.54, 1.807) is 0 Å². The summed E-state index contributed by atoms with van der Waals surface area (Å²) >= 11 is 0. The largest absolute Gasteiger partial charge is 0.478 e. The van der Waals surface area contributed by atoms with Gasteiger partial charge in [-0.1, -0.05) is 26.3 Å². The molecule has 0 saturated carbocycles. The number of benzene rings is 1. The molecule has 0 N–H and O–H groups in total. The molecule has 33 heavy (non-hydrogen) atoms. The van der Waals surface area contributed by atoms with Gasteiger partial charge in [0.25, 0.3) is 0 Å². The van der Waals surface area contributed by atoms with Gasteiger partial charge in [0.05, 0.1) is 35.0 Å². The van der Waals surface area contributed by atoms with Gasteiger partial charge in [0, 0.05) is 30.3 Å². The summed E-state index contributed by atoms with van der Waals surface area (Å²) in [4.78, 5) is 16.6. The number of ether oxygens (including phenoxy) is 1. The average Bonchev–Trinajstić information content (AvgIpc) is 3.20. The average molecular weight is 444 g/mol. The van der Waals surface area contributed by atoms with Gasteiger partial charge in [0.1, 0.15) is 5.82 Å². The van der Waals surface area contributed by atoms with Crippen molar-refractivity contribution in [3.05, 3.63) is 54.2 Å². The molecule has 3 aromatic heterocycles. The van der Waals surface area contributed by atoms with E-state index in [1.807, 2.05) is 25.4 Å². The molecule has 1 saturated heterocycles. The van der Waals surface area contributed by atoms with Crippen LogP contribution in [-0.4, -0.2) is 50.5 Å². The number of rotatable bonds is 7. The van der Waals surface area contributed by atoms with Crippen LogP contribution in [0.2, 0.25) is 0 Å². The number of likely N-dealkylation sites (tertiary alicyclic amines) is 1. The first-order valence-electron chi connectivity index (χ1n) is 12.2. The Kier molecular flexibility index (Phi) is 6.27. The molecule has 6 heteroatoms. The van der Waals surface area contributed by atoms with Crippen molar-refractivity contribution < 1.29 is 4.74 Å². The van der Waals surface area contributed by atoms with Crippen molar-refractivity contribution in [2.45, 2.75) is 52.4 Å². The Morgan fingerprint density at radius 1 is 0.939 bits per heavy atom. The summed E-state index contributed by atoms with van der Waals surface area (Å²) in [5, 5.41) is 0. The summed E-state index contributed by atoms with van der Waals surface area (Å²) in [5.41, 5.74) is 6.30. The lowest BCUT2D eigenvalue weighted by Gasteiger charge is -2.26. The molecule has 4 aromatic rings. The van der Waals surface area contributed by atoms with Gasteiger partial charge in [-0.15, -0.1) is 0 Å². The van der Waals surface area contributed by atoms with E-state index in [1.165, 1.54) is 32.4 Å². The third-order valence-electron chi connectivity index (χ3n) is 6.57. The zero-order chi connectivity index (χ0) is 22.8. The fraction of sp³-hybridized carbons (Fsp3) is 0.444. The minimum absolute atomic E-state index is 0.327. The number of piperidine rings is 1. The Bertz CT molecular complexity index is 1240. The van der Waals surface area contributed by atoms with Crippen LogP contribution in [0.1, 0.15) is 57.0 Å². The Morgan fingerprint density at radius 3 is 2.52 bits per heavy atom. The Labute approximate surface area is 195 Å². The van der Waals surface area contributed by atoms with E-state index in [-0.39, 0.29) is 0 Å². The quantitative estimate of drug-likeness (QED) is 0.347. The van der Waals surface area contributed by atoms with Crippen molar-refractivity contribution in [3.63, 3.8) is 0 Å². The maximum atomic E-state index is 5.90. The van der Waals surface area contributed by atoms with Crippen LogP contribution >= 0.6 is 0 Å². The van der Waals surface area contributed by atoms with Crippen LogP contribution in [0.3, 0.4) is 0 Å². The number of imidazole rings is 1. The van der Waals surface area contributed by atoms with Gasteiger partial charge < -0.3 is 9.64 Å². The third kappa shape index (κ3) is 4.58. The van der Waals surface area contributed by atoms with Crippen LogP contribution in [0.4, 0.5) is 0 Å². The maximum absolute atomic E-state index is 5.90. The van der Waals surface area contributed by atoms with E-state index >= 15 is 0 Å². The van der Waals surface area contributed by atoms with E-state index in [4.69, 9.17) is 9.72 Å². The van der Waals surface area contributed by atoms with Crippen LogP contribution < -0.4 is 4.74 Å². The molecule has 0 aliphatic carbocycles. The van der Waals surface area contributed by atoms with Gasteiger partial charge in [-0.05, 0) is 63.0 Å². The van der Waals surface area contributed by atoms with Crippen molar-refractivity contribution in [1.29, 1.82) is 0 Å². The number of fused-ring (bicyclic) bond motifs is 3. The lowest BCUT2D eigenvalue weighted by atomic mass is 10.1. The molecule has 0 radical (unpaired) electrons. The molecule has 1 aromatic carbocycles. The van der Waals surface area contributed by atoms with Gasteiger partial charge >= 0.3 is 0 Å². The standard InChI is InChI=1S/C27H33N5O/c1-19(2)27-30-20(3)25-18-28-23-10-8-21(16-24(23)32(25)27)22-9-11-26(29-17-22)33-15-7-14-31-12-5-4-6-13-31/h8-11,16-19H,4-7,12-15H2,1-3H3. The van der Waals surface area contributed by atoms with E-state index in [9.17, 15) is 0 Å². The van der Waals surface area contributed by atoms with Gasteiger partial charge in [0.15, 0.2) is 0 Å². The molecule has 0 unspecified atom stereocenters. The number of aromatic nitrogens is 4. The zero-order valence-corrected chi connectivity index (χ0v) is 19.9. The lowest BCUT2D eigenvalue weighted by molar-refractivity contribution is 0.203. The molecule has 0 bridgehead atoms. The smallest absolute Gasteiger partial charge is 0.213 e. The van der Waals surface area contributed by atoms with Gasteiger partial charge in [-0.25, -0.2) is 9.97 Å². The minimum atomic E-state index is 0.327. The van der Waals surface area contributed by atoms with E-state index in [0.29, 0.717) is 18.4 Å². The van der Waals surface area contributed by atoms with Crippen molar-refractivity contribution in [2.24, 2.45) is 0 Å². The predicted octanol–water partition coefficient (Wildman–Crippen LogP) is 5.63. The second-order valence-corrected chi connectivity index (χ2v) is 9.38. The number of pyridine rings is 1. The molecule has 5 rings (SSSR count). The first-order chi connectivity index (χ1) is 16.1. The molecule has 4 heterocycles. The second kappa shape index (κ2) is 9.48. The van der Waals surface area contributed by atoms with Crippen LogP contribution in [0, 0.1) is 6.92 Å². The summed E-state index contributed by atoms with van der Waals surface area (Å²) in [7, 11) is 0. The first-order valence-corrected chi connectivity index (χ1v) is 12.2. The van der Waals surface area contributed by atoms with E-state index in [2.05, 4.69) is 57.4 Å². The molecular formula is C27H33N5O. The van der Waals surface area contributed by atoms with Crippen molar-refractivity contribution in [3.8, 4) is 17.0 Å². The van der Waals surface area contributed by atoms with E-state index in [0.717, 1.165) is 52.2 Å². The zero-order valence-electron chi connectivity index (χ0n) is 19.9. The van der Waals surface area contributed by atoms with Crippen LogP contribution in [-0.2, 0) is 0 Å². The molecule has 1 aliphatic heterocycles. The lowest BCUT2D eigenvalue weighted by Crippen LogP contribution is -2.31. The summed E-state index contributed by atoms with van der Waals surface area (Å²) in [6.45, 7) is 10.7. The Morgan fingerprint density at radius 2 is 1.76 bits per heavy atom. The summed E-state index contributed by atoms with van der Waals surface area (Å²) < 4.78 is 8.15. The first kappa shape index (κ1) is 21.8.